The lowest BCUT2D eigenvalue weighted by atomic mass is 10.1. The average molecular weight is 286 g/mol. The van der Waals surface area contributed by atoms with Crippen LogP contribution in [0, 0.1) is 0 Å². The summed E-state index contributed by atoms with van der Waals surface area (Å²) in [5.41, 5.74) is 5.82. The van der Waals surface area contributed by atoms with Crippen LogP contribution >= 0.6 is 0 Å². The van der Waals surface area contributed by atoms with Gasteiger partial charge in [-0.1, -0.05) is 0 Å². The van der Waals surface area contributed by atoms with Crippen LogP contribution in [0.15, 0.2) is 23.2 Å². The molecule has 0 saturated heterocycles. The van der Waals surface area contributed by atoms with Gasteiger partial charge >= 0.3 is 0 Å². The van der Waals surface area contributed by atoms with Gasteiger partial charge in [-0.3, -0.25) is 4.98 Å². The van der Waals surface area contributed by atoms with E-state index in [1.54, 1.807) is 6.07 Å². The Bertz CT molecular complexity index is 509. The Labute approximate surface area is 115 Å². The van der Waals surface area contributed by atoms with Crippen molar-refractivity contribution in [2.45, 2.75) is 30.8 Å². The highest BCUT2D eigenvalue weighted by atomic mass is 32.2. The molecule has 3 N–H and O–H groups in total. The van der Waals surface area contributed by atoms with E-state index in [1.807, 2.05) is 32.8 Å². The van der Waals surface area contributed by atoms with E-state index in [-0.39, 0.29) is 10.4 Å². The number of aromatic nitrogens is 1. The Balaban J connectivity index is 2.81. The molecule has 0 aliphatic carbocycles. The number of nitrogens with zero attached hydrogens (tertiary/aromatic N) is 2. The maximum Gasteiger partial charge on any atom is 0.242 e. The number of likely N-dealkylation sites (N-methyl/N-ethyl adjacent to an activating group) is 1. The van der Waals surface area contributed by atoms with E-state index in [2.05, 4.69) is 9.71 Å². The Morgan fingerprint density at radius 3 is 2.42 bits per heavy atom. The Kier molecular flexibility index (Phi) is 5.03. The molecule has 0 fully saturated rings. The minimum Gasteiger partial charge on any atom is -0.325 e. The smallest absolute Gasteiger partial charge is 0.242 e. The van der Waals surface area contributed by atoms with Gasteiger partial charge < -0.3 is 10.6 Å². The van der Waals surface area contributed by atoms with Crippen molar-refractivity contribution < 1.29 is 8.42 Å². The molecule has 1 rings (SSSR count). The molecule has 0 aromatic carbocycles. The summed E-state index contributed by atoms with van der Waals surface area (Å²) in [5.74, 6) is 0. The number of rotatable bonds is 6. The Morgan fingerprint density at radius 1 is 1.37 bits per heavy atom. The van der Waals surface area contributed by atoms with E-state index in [0.717, 1.165) is 0 Å². The summed E-state index contributed by atoms with van der Waals surface area (Å²) in [7, 11) is 0.285. The highest BCUT2D eigenvalue weighted by molar-refractivity contribution is 7.89. The van der Waals surface area contributed by atoms with E-state index in [0.29, 0.717) is 18.8 Å². The molecule has 0 atom stereocenters. The van der Waals surface area contributed by atoms with Gasteiger partial charge in [0.25, 0.3) is 0 Å². The predicted octanol–water partition coefficient (Wildman–Crippen LogP) is 0.159. The maximum atomic E-state index is 12.1. The standard InChI is InChI=1S/C12H22N4O2S/c1-12(2,16(3)4)9-15-19(17,18)11-6-5-10(7-13)14-8-11/h5-6,8,15H,7,9,13H2,1-4H3. The molecule has 1 aromatic heterocycles. The number of pyridine rings is 1. The van der Waals surface area contributed by atoms with Crippen molar-refractivity contribution in [3.05, 3.63) is 24.0 Å². The number of hydrogen-bond acceptors (Lipinski definition) is 5. The van der Waals surface area contributed by atoms with Gasteiger partial charge in [-0.05, 0) is 40.1 Å². The van der Waals surface area contributed by atoms with Gasteiger partial charge in [0.05, 0.1) is 5.69 Å². The molecule has 1 heterocycles. The summed E-state index contributed by atoms with van der Waals surface area (Å²) in [6.45, 7) is 4.54. The van der Waals surface area contributed by atoms with E-state index in [4.69, 9.17) is 5.73 Å². The molecule has 6 nitrogen and oxygen atoms in total. The van der Waals surface area contributed by atoms with Crippen LogP contribution < -0.4 is 10.5 Å². The summed E-state index contributed by atoms with van der Waals surface area (Å²) in [6, 6.07) is 3.13. The molecule has 0 unspecified atom stereocenters. The van der Waals surface area contributed by atoms with E-state index in [1.165, 1.54) is 12.3 Å². The lowest BCUT2D eigenvalue weighted by Crippen LogP contribution is -2.48. The molecule has 1 aromatic rings. The van der Waals surface area contributed by atoms with Crippen molar-refractivity contribution in [2.24, 2.45) is 5.73 Å². The summed E-state index contributed by atoms with van der Waals surface area (Å²) < 4.78 is 26.8. The second-order valence-corrected chi connectivity index (χ2v) is 6.99. The van der Waals surface area contributed by atoms with Crippen LogP contribution in [0.25, 0.3) is 0 Å². The third-order valence-electron chi connectivity index (χ3n) is 3.22. The first-order valence-corrected chi connectivity index (χ1v) is 7.49. The molecule has 0 spiro atoms. The molecule has 0 amide bonds. The number of nitrogens with two attached hydrogens (primary N) is 1. The van der Waals surface area contributed by atoms with Crippen molar-refractivity contribution in [3.63, 3.8) is 0 Å². The first kappa shape index (κ1) is 16.0. The van der Waals surface area contributed by atoms with E-state index >= 15 is 0 Å². The highest BCUT2D eigenvalue weighted by Gasteiger charge is 2.24. The average Bonchev–Trinajstić information content (AvgIpc) is 2.36. The zero-order valence-electron chi connectivity index (χ0n) is 11.8. The summed E-state index contributed by atoms with van der Waals surface area (Å²) in [5, 5.41) is 0. The van der Waals surface area contributed by atoms with E-state index in [9.17, 15) is 8.42 Å². The molecule has 7 heteroatoms. The molecule has 108 valence electrons. The molecule has 0 radical (unpaired) electrons. The fourth-order valence-corrected chi connectivity index (χ4v) is 2.35. The van der Waals surface area contributed by atoms with Gasteiger partial charge in [-0.2, -0.15) is 0 Å². The van der Waals surface area contributed by atoms with Crippen molar-refractivity contribution in [1.82, 2.24) is 14.6 Å². The summed E-state index contributed by atoms with van der Waals surface area (Å²) >= 11 is 0. The molecule has 0 aliphatic rings. The molecule has 0 aliphatic heterocycles. The zero-order valence-corrected chi connectivity index (χ0v) is 12.7. The molecular weight excluding hydrogens is 264 g/mol. The first-order valence-electron chi connectivity index (χ1n) is 6.01. The Hall–Kier alpha value is -1.02. The van der Waals surface area contributed by atoms with Crippen molar-refractivity contribution in [1.29, 1.82) is 0 Å². The second kappa shape index (κ2) is 5.96. The number of hydrogen-bond donors (Lipinski definition) is 2. The minimum atomic E-state index is -3.53. The lowest BCUT2D eigenvalue weighted by Gasteiger charge is -2.32. The van der Waals surface area contributed by atoms with Crippen LogP contribution in [-0.2, 0) is 16.6 Å². The van der Waals surface area contributed by atoms with Crippen LogP contribution in [0.3, 0.4) is 0 Å². The summed E-state index contributed by atoms with van der Waals surface area (Å²) in [6.07, 6.45) is 1.33. The topological polar surface area (TPSA) is 88.3 Å². The zero-order chi connectivity index (χ0) is 14.7. The van der Waals surface area contributed by atoms with Crippen LogP contribution in [0.5, 0.6) is 0 Å². The normalized spacial score (nSPS) is 12.9. The number of nitrogens with one attached hydrogen (secondary N) is 1. The largest absolute Gasteiger partial charge is 0.325 e. The second-order valence-electron chi connectivity index (χ2n) is 5.22. The fourth-order valence-electron chi connectivity index (χ4n) is 1.20. The van der Waals surface area contributed by atoms with Crippen LogP contribution in [-0.4, -0.2) is 44.5 Å². The minimum absolute atomic E-state index is 0.152. The summed E-state index contributed by atoms with van der Waals surface area (Å²) in [4.78, 5) is 6.10. The SMILES string of the molecule is CN(C)C(C)(C)CNS(=O)(=O)c1ccc(CN)nc1. The molecular formula is C12H22N4O2S. The van der Waals surface area contributed by atoms with Gasteiger partial charge in [0.15, 0.2) is 0 Å². The molecule has 0 saturated carbocycles. The van der Waals surface area contributed by atoms with Crippen LogP contribution in [0.4, 0.5) is 0 Å². The number of sulfonamides is 1. The van der Waals surface area contributed by atoms with Crippen molar-refractivity contribution in [3.8, 4) is 0 Å². The van der Waals surface area contributed by atoms with Gasteiger partial charge in [-0.15, -0.1) is 0 Å². The maximum absolute atomic E-state index is 12.1. The Morgan fingerprint density at radius 2 is 2.00 bits per heavy atom. The van der Waals surface area contributed by atoms with Crippen molar-refractivity contribution >= 4 is 10.0 Å². The monoisotopic (exact) mass is 286 g/mol. The van der Waals surface area contributed by atoms with Crippen molar-refractivity contribution in [2.75, 3.05) is 20.6 Å². The lowest BCUT2D eigenvalue weighted by molar-refractivity contribution is 0.199. The molecule has 19 heavy (non-hydrogen) atoms. The third kappa shape index (κ3) is 4.24. The highest BCUT2D eigenvalue weighted by Crippen LogP contribution is 2.12. The first-order chi connectivity index (χ1) is 8.69. The van der Waals surface area contributed by atoms with Gasteiger partial charge in [0, 0.05) is 24.8 Å². The van der Waals surface area contributed by atoms with Gasteiger partial charge in [-0.25, -0.2) is 13.1 Å². The molecule has 0 bridgehead atoms. The fraction of sp³-hybridized carbons (Fsp3) is 0.583. The third-order valence-corrected chi connectivity index (χ3v) is 4.61. The van der Waals surface area contributed by atoms with Gasteiger partial charge in [0.2, 0.25) is 10.0 Å². The predicted molar refractivity (Wildman–Crippen MR) is 75.1 cm³/mol. The quantitative estimate of drug-likeness (QED) is 0.777. The van der Waals surface area contributed by atoms with Crippen LogP contribution in [0.2, 0.25) is 0 Å². The van der Waals surface area contributed by atoms with E-state index < -0.39 is 10.0 Å². The van der Waals surface area contributed by atoms with Crippen LogP contribution in [0.1, 0.15) is 19.5 Å². The van der Waals surface area contributed by atoms with Gasteiger partial charge in [0.1, 0.15) is 4.90 Å².